The van der Waals surface area contributed by atoms with Crippen LogP contribution in [0.1, 0.15) is 63.1 Å². The van der Waals surface area contributed by atoms with Gasteiger partial charge in [-0.3, -0.25) is 4.90 Å². The van der Waals surface area contributed by atoms with Gasteiger partial charge in [0, 0.05) is 55.0 Å². The fraction of sp³-hybridized carbons (Fsp3) is 0.472. The van der Waals surface area contributed by atoms with E-state index in [4.69, 9.17) is 26.1 Å². The predicted octanol–water partition coefficient (Wildman–Crippen LogP) is 6.12. The minimum atomic E-state index is -0.896. The zero-order chi connectivity index (χ0) is 31.7. The molecule has 0 unspecified atom stereocenters. The molecule has 4 aliphatic rings. The predicted molar refractivity (Wildman–Crippen MR) is 173 cm³/mol. The van der Waals surface area contributed by atoms with Crippen molar-refractivity contribution in [3.63, 3.8) is 0 Å². The van der Waals surface area contributed by atoms with Crippen molar-refractivity contribution in [1.82, 2.24) is 25.2 Å². The Hall–Kier alpha value is -3.94. The minimum absolute atomic E-state index is 0.0457. The Morgan fingerprint density at radius 3 is 2.83 bits per heavy atom. The third kappa shape index (κ3) is 4.54. The summed E-state index contributed by atoms with van der Waals surface area (Å²) in [4.78, 5) is 19.2. The summed E-state index contributed by atoms with van der Waals surface area (Å²) in [6, 6.07) is 8.75. The lowest BCUT2D eigenvalue weighted by Crippen LogP contribution is -2.56. The summed E-state index contributed by atoms with van der Waals surface area (Å²) < 4.78 is 53.0. The molecule has 0 amide bonds. The number of terminal acetylenes is 1. The molecule has 0 saturated carbocycles. The molecule has 0 spiro atoms. The highest BCUT2D eigenvalue weighted by atomic mass is 19.1. The van der Waals surface area contributed by atoms with Crippen LogP contribution >= 0.6 is 0 Å². The Morgan fingerprint density at radius 1 is 1.13 bits per heavy atom. The van der Waals surface area contributed by atoms with Gasteiger partial charge >= 0.3 is 6.01 Å². The number of anilines is 1. The van der Waals surface area contributed by atoms with E-state index in [1.807, 2.05) is 6.07 Å². The number of pyridine rings is 1. The monoisotopic (exact) mass is 626 g/mol. The lowest BCUT2D eigenvalue weighted by Gasteiger charge is -2.41. The maximum Gasteiger partial charge on any atom is 0.319 e. The maximum absolute atomic E-state index is 17.1. The third-order valence-corrected chi connectivity index (χ3v) is 10.8. The van der Waals surface area contributed by atoms with Crippen LogP contribution in [0.4, 0.5) is 19.0 Å². The number of piperazine rings is 1. The molecule has 4 aromatic rings. The topological polar surface area (TPSA) is 66.4 Å². The third-order valence-electron chi connectivity index (χ3n) is 10.8. The van der Waals surface area contributed by atoms with Gasteiger partial charge in [-0.25, -0.2) is 18.2 Å². The standard InChI is InChI=1S/C36H37F3N6O/c1-4-23-18-45-24(16-40-23)14-20(3)31-29-33(42-35(43-34(29)45)46-19-36-12-7-13-44(36)17-22(37)15-36)30(39)32(41-31)26-9-6-8-21-10-11-27(38)25(5-2)28(21)26/h2,6,8-11,20,22-24,40H,4,7,12-19H2,1,3H3/t20-,22-,23-,24-,36+/m1/s1. The average molecular weight is 627 g/mol. The molecule has 0 radical (unpaired) electrons. The van der Waals surface area contributed by atoms with Crippen LogP contribution in [0.25, 0.3) is 32.9 Å². The van der Waals surface area contributed by atoms with Crippen molar-refractivity contribution in [3.8, 4) is 29.6 Å². The highest BCUT2D eigenvalue weighted by Gasteiger charge is 2.49. The molecule has 2 aromatic heterocycles. The molecule has 4 aliphatic heterocycles. The number of ether oxygens (including phenoxy) is 1. The lowest BCUT2D eigenvalue weighted by molar-refractivity contribution is 0.107. The van der Waals surface area contributed by atoms with Crippen molar-refractivity contribution in [3.05, 3.63) is 53.2 Å². The number of nitrogens with one attached hydrogen (secondary N) is 1. The van der Waals surface area contributed by atoms with Crippen LogP contribution in [0.3, 0.4) is 0 Å². The number of fused-ring (bicyclic) bond motifs is 4. The second-order valence-corrected chi connectivity index (χ2v) is 13.5. The van der Waals surface area contributed by atoms with E-state index in [9.17, 15) is 8.78 Å². The number of nitrogens with zero attached hydrogens (tertiary/aromatic N) is 5. The summed E-state index contributed by atoms with van der Waals surface area (Å²) in [5.41, 5.74) is 0.951. The average Bonchev–Trinajstić information content (AvgIpc) is 3.55. The smallest absolute Gasteiger partial charge is 0.319 e. The number of benzene rings is 2. The van der Waals surface area contributed by atoms with Gasteiger partial charge < -0.3 is 15.0 Å². The van der Waals surface area contributed by atoms with E-state index in [1.54, 1.807) is 18.2 Å². The van der Waals surface area contributed by atoms with Crippen LogP contribution in [-0.4, -0.2) is 76.4 Å². The van der Waals surface area contributed by atoms with Gasteiger partial charge in [-0.05, 0) is 43.7 Å². The molecule has 8 rings (SSSR count). The molecule has 3 fully saturated rings. The molecule has 5 atom stereocenters. The summed E-state index contributed by atoms with van der Waals surface area (Å²) in [5, 5.41) is 5.37. The van der Waals surface area contributed by atoms with E-state index < -0.39 is 23.3 Å². The van der Waals surface area contributed by atoms with Gasteiger partial charge in [0.05, 0.1) is 22.2 Å². The quantitative estimate of drug-likeness (QED) is 0.268. The first-order valence-electron chi connectivity index (χ1n) is 16.4. The molecule has 6 heterocycles. The van der Waals surface area contributed by atoms with Gasteiger partial charge in [0.15, 0.2) is 5.82 Å². The van der Waals surface area contributed by atoms with E-state index >= 15 is 4.39 Å². The first-order chi connectivity index (χ1) is 22.3. The Bertz CT molecular complexity index is 1910. The first kappa shape index (κ1) is 29.5. The highest BCUT2D eigenvalue weighted by molar-refractivity contribution is 6.03. The van der Waals surface area contributed by atoms with Gasteiger partial charge in [0.2, 0.25) is 0 Å². The van der Waals surface area contributed by atoms with E-state index in [1.165, 1.54) is 6.07 Å². The molecule has 7 nitrogen and oxygen atoms in total. The number of halogens is 3. The van der Waals surface area contributed by atoms with E-state index in [0.717, 1.165) is 38.8 Å². The summed E-state index contributed by atoms with van der Waals surface area (Å²) in [6.07, 6.45) is 8.83. The van der Waals surface area contributed by atoms with Crippen LogP contribution in [0.15, 0.2) is 30.3 Å². The largest absolute Gasteiger partial charge is 0.461 e. The summed E-state index contributed by atoms with van der Waals surface area (Å²) in [6.45, 7) is 7.19. The number of aromatic nitrogens is 3. The van der Waals surface area contributed by atoms with E-state index in [2.05, 4.69) is 34.9 Å². The molecule has 238 valence electrons. The Kier molecular flexibility index (Phi) is 7.11. The van der Waals surface area contributed by atoms with E-state index in [0.29, 0.717) is 52.7 Å². The molecule has 0 aliphatic carbocycles. The van der Waals surface area contributed by atoms with Crippen molar-refractivity contribution in [2.75, 3.05) is 37.7 Å². The van der Waals surface area contributed by atoms with Crippen LogP contribution < -0.4 is 15.0 Å². The molecule has 46 heavy (non-hydrogen) atoms. The second kappa shape index (κ2) is 11.1. The Labute approximate surface area is 266 Å². The maximum atomic E-state index is 17.1. The molecular formula is C36H37F3N6O. The van der Waals surface area contributed by atoms with Gasteiger partial charge in [0.25, 0.3) is 0 Å². The molecule has 10 heteroatoms. The lowest BCUT2D eigenvalue weighted by atomic mass is 9.93. The second-order valence-electron chi connectivity index (χ2n) is 13.5. The molecular weight excluding hydrogens is 589 g/mol. The highest BCUT2D eigenvalue weighted by Crippen LogP contribution is 2.45. The zero-order valence-corrected chi connectivity index (χ0v) is 26.1. The fourth-order valence-electron chi connectivity index (χ4n) is 8.44. The fourth-order valence-corrected chi connectivity index (χ4v) is 8.44. The number of hydrogen-bond donors (Lipinski definition) is 1. The van der Waals surface area contributed by atoms with Crippen LogP contribution in [-0.2, 0) is 0 Å². The van der Waals surface area contributed by atoms with Crippen molar-refractivity contribution in [1.29, 1.82) is 0 Å². The normalized spacial score (nSPS) is 27.4. The van der Waals surface area contributed by atoms with E-state index in [-0.39, 0.29) is 47.4 Å². The summed E-state index contributed by atoms with van der Waals surface area (Å²) >= 11 is 0. The van der Waals surface area contributed by atoms with Crippen molar-refractivity contribution < 1.29 is 17.9 Å². The summed E-state index contributed by atoms with van der Waals surface area (Å²) in [7, 11) is 0. The molecule has 0 bridgehead atoms. The van der Waals surface area contributed by atoms with Gasteiger partial charge in [-0.15, -0.1) is 6.42 Å². The van der Waals surface area contributed by atoms with Crippen LogP contribution in [0.2, 0.25) is 0 Å². The van der Waals surface area contributed by atoms with Gasteiger partial charge in [-0.2, -0.15) is 9.97 Å². The summed E-state index contributed by atoms with van der Waals surface area (Å²) in [5.74, 6) is 1.86. The van der Waals surface area contributed by atoms with Crippen LogP contribution in [0, 0.1) is 24.0 Å². The van der Waals surface area contributed by atoms with Crippen molar-refractivity contribution in [2.24, 2.45) is 0 Å². The minimum Gasteiger partial charge on any atom is -0.461 e. The number of rotatable bonds is 5. The zero-order valence-electron chi connectivity index (χ0n) is 26.1. The number of alkyl halides is 1. The molecule has 3 saturated heterocycles. The number of hydrogen-bond acceptors (Lipinski definition) is 7. The van der Waals surface area contributed by atoms with Crippen molar-refractivity contribution in [2.45, 2.75) is 75.7 Å². The Balaban J connectivity index is 1.34. The van der Waals surface area contributed by atoms with Gasteiger partial charge in [-0.1, -0.05) is 44.0 Å². The van der Waals surface area contributed by atoms with Gasteiger partial charge in [0.1, 0.15) is 35.6 Å². The SMILES string of the molecule is C#Cc1c(F)ccc2cccc(-c3nc4c5c(nc(OC[C@@]67CCCN6C[C@H](F)C7)nc5c3F)N3C[C@@H](CC)NC[C@H]3C[C@H]4C)c12. The van der Waals surface area contributed by atoms with Crippen molar-refractivity contribution >= 4 is 27.5 Å². The molecule has 1 N–H and O–H groups in total. The molecule has 2 aromatic carbocycles. The first-order valence-corrected chi connectivity index (χ1v) is 16.4. The Morgan fingerprint density at radius 2 is 2.00 bits per heavy atom. The van der Waals surface area contributed by atoms with Crippen LogP contribution in [0.5, 0.6) is 6.01 Å².